The Morgan fingerprint density at radius 1 is 1.11 bits per heavy atom. The smallest absolute Gasteiger partial charge is 0.306 e. The molecule has 3 rings (SSSR count). The maximum absolute atomic E-state index is 12.1. The Kier molecular flexibility index (Phi) is 6.14. The van der Waals surface area contributed by atoms with Gasteiger partial charge in [0.25, 0.3) is 5.91 Å². The third kappa shape index (κ3) is 4.80. The molecule has 0 radical (unpaired) electrons. The zero-order valence-corrected chi connectivity index (χ0v) is 16.5. The summed E-state index contributed by atoms with van der Waals surface area (Å²) in [7, 11) is 0. The van der Waals surface area contributed by atoms with Crippen molar-refractivity contribution in [3.63, 3.8) is 0 Å². The van der Waals surface area contributed by atoms with Gasteiger partial charge in [0.1, 0.15) is 0 Å². The largest absolute Gasteiger partial charge is 0.456 e. The normalized spacial score (nSPS) is 12.0. The summed E-state index contributed by atoms with van der Waals surface area (Å²) in [5.41, 5.74) is 5.54. The molecule has 0 fully saturated rings. The summed E-state index contributed by atoms with van der Waals surface area (Å²) in [6, 6.07) is 13.9. The lowest BCUT2D eigenvalue weighted by atomic mass is 10.0. The van der Waals surface area contributed by atoms with Crippen LogP contribution in [0.15, 0.2) is 48.7 Å². The quantitative estimate of drug-likeness (QED) is 0.607. The molecule has 1 amide bonds. The van der Waals surface area contributed by atoms with Gasteiger partial charge in [-0.25, -0.2) is 0 Å². The molecule has 146 valence electrons. The predicted molar refractivity (Wildman–Crippen MR) is 110 cm³/mol. The van der Waals surface area contributed by atoms with Crippen LogP contribution >= 0.6 is 0 Å². The Balaban J connectivity index is 1.44. The number of hydrogen-bond acceptors (Lipinski definition) is 3. The number of carbonyl (C=O) groups excluding carboxylic acids is 2. The molecular formula is C23H26N2O3. The van der Waals surface area contributed by atoms with Crippen molar-refractivity contribution < 1.29 is 14.3 Å². The molecule has 0 saturated carbocycles. The first-order chi connectivity index (χ1) is 13.4. The fourth-order valence-electron chi connectivity index (χ4n) is 3.19. The van der Waals surface area contributed by atoms with Crippen molar-refractivity contribution in [1.29, 1.82) is 0 Å². The number of aromatic amines is 1. The molecule has 1 heterocycles. The Bertz CT molecular complexity index is 990. The highest BCUT2D eigenvalue weighted by Crippen LogP contribution is 2.19. The molecule has 0 aliphatic carbocycles. The molecule has 0 aliphatic heterocycles. The summed E-state index contributed by atoms with van der Waals surface area (Å²) in [6.07, 6.45) is 2.72. The van der Waals surface area contributed by atoms with E-state index in [1.165, 1.54) is 11.1 Å². The average Bonchev–Trinajstić information content (AvgIpc) is 3.10. The van der Waals surface area contributed by atoms with Crippen LogP contribution in [0.2, 0.25) is 0 Å². The number of aromatic nitrogens is 1. The number of ether oxygens (including phenoxy) is 1. The van der Waals surface area contributed by atoms with Gasteiger partial charge in [-0.1, -0.05) is 36.4 Å². The number of esters is 1. The van der Waals surface area contributed by atoms with Crippen LogP contribution < -0.4 is 5.32 Å². The summed E-state index contributed by atoms with van der Waals surface area (Å²) in [5.74, 6) is -0.676. The minimum Gasteiger partial charge on any atom is -0.456 e. The van der Waals surface area contributed by atoms with Crippen LogP contribution in [0, 0.1) is 13.8 Å². The van der Waals surface area contributed by atoms with Crippen molar-refractivity contribution in [2.75, 3.05) is 6.61 Å². The third-order valence-corrected chi connectivity index (χ3v) is 5.05. The van der Waals surface area contributed by atoms with E-state index in [0.29, 0.717) is 6.42 Å². The van der Waals surface area contributed by atoms with Gasteiger partial charge in [0.2, 0.25) is 0 Å². The molecule has 2 N–H and O–H groups in total. The molecule has 3 aromatic rings. The topological polar surface area (TPSA) is 71.2 Å². The zero-order valence-electron chi connectivity index (χ0n) is 16.5. The monoisotopic (exact) mass is 378 g/mol. The lowest BCUT2D eigenvalue weighted by molar-refractivity contribution is -0.148. The number of aryl methyl sites for hydroxylation is 3. The van der Waals surface area contributed by atoms with Gasteiger partial charge in [0.15, 0.2) is 6.61 Å². The lowest BCUT2D eigenvalue weighted by Crippen LogP contribution is -2.31. The SMILES string of the molecule is Cc1ccc([C@@H](C)NC(=O)COC(=O)CCc2c[nH]c3ccccc23)cc1C. The number of rotatable bonds is 7. The second-order valence-electron chi connectivity index (χ2n) is 7.15. The van der Waals surface area contributed by atoms with Crippen LogP contribution in [0.5, 0.6) is 0 Å². The van der Waals surface area contributed by atoms with Crippen LogP contribution in [0.1, 0.15) is 41.6 Å². The molecule has 5 heteroatoms. The summed E-state index contributed by atoms with van der Waals surface area (Å²) in [6.45, 7) is 5.75. The summed E-state index contributed by atoms with van der Waals surface area (Å²) >= 11 is 0. The molecular weight excluding hydrogens is 352 g/mol. The lowest BCUT2D eigenvalue weighted by Gasteiger charge is -2.15. The summed E-state index contributed by atoms with van der Waals surface area (Å²) < 4.78 is 5.13. The summed E-state index contributed by atoms with van der Waals surface area (Å²) in [4.78, 5) is 27.3. The average molecular weight is 378 g/mol. The van der Waals surface area contributed by atoms with Gasteiger partial charge in [-0.05, 0) is 55.5 Å². The number of amides is 1. The van der Waals surface area contributed by atoms with Crippen molar-refractivity contribution in [3.05, 3.63) is 70.9 Å². The molecule has 2 aromatic carbocycles. The maximum atomic E-state index is 12.1. The Labute approximate surface area is 165 Å². The molecule has 0 spiro atoms. The van der Waals surface area contributed by atoms with E-state index in [2.05, 4.69) is 23.3 Å². The van der Waals surface area contributed by atoms with Crippen LogP contribution in [0.25, 0.3) is 10.9 Å². The fourth-order valence-corrected chi connectivity index (χ4v) is 3.19. The van der Waals surface area contributed by atoms with E-state index in [4.69, 9.17) is 4.74 Å². The van der Waals surface area contributed by atoms with Gasteiger partial charge in [0.05, 0.1) is 6.04 Å². The van der Waals surface area contributed by atoms with Crippen molar-refractivity contribution >= 4 is 22.8 Å². The number of H-pyrrole nitrogens is 1. The molecule has 0 unspecified atom stereocenters. The van der Waals surface area contributed by atoms with Crippen LogP contribution in [0.4, 0.5) is 0 Å². The third-order valence-electron chi connectivity index (χ3n) is 5.05. The first-order valence-corrected chi connectivity index (χ1v) is 9.51. The van der Waals surface area contributed by atoms with Gasteiger partial charge >= 0.3 is 5.97 Å². The number of benzene rings is 2. The van der Waals surface area contributed by atoms with Crippen molar-refractivity contribution in [2.24, 2.45) is 0 Å². The molecule has 5 nitrogen and oxygen atoms in total. The number of nitrogens with one attached hydrogen (secondary N) is 2. The van der Waals surface area contributed by atoms with Gasteiger partial charge in [-0.3, -0.25) is 9.59 Å². The van der Waals surface area contributed by atoms with Gasteiger partial charge in [-0.15, -0.1) is 0 Å². The minimum atomic E-state index is -0.376. The van der Waals surface area contributed by atoms with Crippen molar-refractivity contribution in [1.82, 2.24) is 10.3 Å². The van der Waals surface area contributed by atoms with Gasteiger partial charge in [-0.2, -0.15) is 0 Å². The van der Waals surface area contributed by atoms with Gasteiger partial charge in [0, 0.05) is 23.5 Å². The number of hydrogen-bond donors (Lipinski definition) is 2. The predicted octanol–water partition coefficient (Wildman–Crippen LogP) is 4.14. The van der Waals surface area contributed by atoms with E-state index < -0.39 is 0 Å². The molecule has 0 bridgehead atoms. The first-order valence-electron chi connectivity index (χ1n) is 9.51. The molecule has 0 aliphatic rings. The fraction of sp³-hybridized carbons (Fsp3) is 0.304. The second-order valence-corrected chi connectivity index (χ2v) is 7.15. The highest BCUT2D eigenvalue weighted by molar-refractivity contribution is 5.84. The Hall–Kier alpha value is -3.08. The van der Waals surface area contributed by atoms with Crippen molar-refractivity contribution in [2.45, 2.75) is 39.7 Å². The molecule has 1 aromatic heterocycles. The zero-order chi connectivity index (χ0) is 20.1. The molecule has 1 atom stereocenters. The first kappa shape index (κ1) is 19.7. The van der Waals surface area contributed by atoms with Crippen LogP contribution in [0.3, 0.4) is 0 Å². The molecule has 0 saturated heterocycles. The Morgan fingerprint density at radius 3 is 2.68 bits per heavy atom. The van der Waals surface area contributed by atoms with Crippen LogP contribution in [-0.4, -0.2) is 23.5 Å². The van der Waals surface area contributed by atoms with E-state index >= 15 is 0 Å². The van der Waals surface area contributed by atoms with E-state index in [0.717, 1.165) is 22.0 Å². The maximum Gasteiger partial charge on any atom is 0.306 e. The summed E-state index contributed by atoms with van der Waals surface area (Å²) in [5, 5.41) is 3.98. The van der Waals surface area contributed by atoms with E-state index in [1.54, 1.807) is 0 Å². The number of fused-ring (bicyclic) bond motifs is 1. The van der Waals surface area contributed by atoms with Crippen LogP contribution in [-0.2, 0) is 20.7 Å². The van der Waals surface area contributed by atoms with E-state index in [1.807, 2.05) is 56.4 Å². The standard InChI is InChI=1S/C23H26N2O3/c1-15-8-9-18(12-16(15)2)17(3)25-22(26)14-28-23(27)11-10-19-13-24-21-7-5-4-6-20(19)21/h4-9,12-13,17,24H,10-11,14H2,1-3H3,(H,25,26)/t17-/m1/s1. The minimum absolute atomic E-state index is 0.142. The second kappa shape index (κ2) is 8.74. The number of carbonyl (C=O) groups is 2. The molecule has 28 heavy (non-hydrogen) atoms. The van der Waals surface area contributed by atoms with E-state index in [-0.39, 0.29) is 30.9 Å². The number of para-hydroxylation sites is 1. The van der Waals surface area contributed by atoms with Crippen molar-refractivity contribution in [3.8, 4) is 0 Å². The highest BCUT2D eigenvalue weighted by Gasteiger charge is 2.13. The Morgan fingerprint density at radius 2 is 1.89 bits per heavy atom. The van der Waals surface area contributed by atoms with Gasteiger partial charge < -0.3 is 15.0 Å². The van der Waals surface area contributed by atoms with E-state index in [9.17, 15) is 9.59 Å². The highest BCUT2D eigenvalue weighted by atomic mass is 16.5.